The fourth-order valence-corrected chi connectivity index (χ4v) is 0.725. The number of hydrogen-bond donors (Lipinski definition) is 0. The van der Waals surface area contributed by atoms with E-state index in [4.69, 9.17) is 4.74 Å². The molecule has 2 heteroatoms. The number of hydrogen-bond acceptors (Lipinski definition) is 2. The number of carbonyl (C=O) groups is 1. The average Bonchev–Trinajstić information content (AvgIpc) is 2.45. The minimum atomic E-state index is -0.0556. The molecule has 0 radical (unpaired) electrons. The SMILES string of the molecule is CCC(=O)[C@H]1O[C@H]1C. The van der Waals surface area contributed by atoms with Gasteiger partial charge in [0.2, 0.25) is 0 Å². The molecule has 0 aromatic rings. The highest BCUT2D eigenvalue weighted by Gasteiger charge is 2.39. The van der Waals surface area contributed by atoms with Crippen molar-refractivity contribution in [3.05, 3.63) is 0 Å². The van der Waals surface area contributed by atoms with Gasteiger partial charge in [0.25, 0.3) is 0 Å². The molecule has 1 heterocycles. The van der Waals surface area contributed by atoms with Gasteiger partial charge >= 0.3 is 0 Å². The zero-order chi connectivity index (χ0) is 6.15. The molecule has 0 saturated carbocycles. The summed E-state index contributed by atoms with van der Waals surface area (Å²) < 4.78 is 4.92. The van der Waals surface area contributed by atoms with E-state index in [1.54, 1.807) is 0 Å². The van der Waals surface area contributed by atoms with Crippen LogP contribution in [-0.2, 0) is 9.53 Å². The molecule has 2 nitrogen and oxygen atoms in total. The number of Topliss-reactive ketones (excluding diaryl/α,β-unsaturated/α-hetero) is 1. The van der Waals surface area contributed by atoms with Crippen molar-refractivity contribution in [3.8, 4) is 0 Å². The van der Waals surface area contributed by atoms with Gasteiger partial charge in [-0.15, -0.1) is 0 Å². The molecule has 0 spiro atoms. The van der Waals surface area contributed by atoms with Crippen LogP contribution < -0.4 is 0 Å². The van der Waals surface area contributed by atoms with Crippen LogP contribution in [0.15, 0.2) is 0 Å². The first kappa shape index (κ1) is 5.76. The van der Waals surface area contributed by atoms with Gasteiger partial charge in [-0.25, -0.2) is 0 Å². The summed E-state index contributed by atoms with van der Waals surface area (Å²) >= 11 is 0. The summed E-state index contributed by atoms with van der Waals surface area (Å²) in [6, 6.07) is 0. The maximum atomic E-state index is 10.7. The Morgan fingerprint density at radius 2 is 2.25 bits per heavy atom. The van der Waals surface area contributed by atoms with Crippen molar-refractivity contribution >= 4 is 5.78 Å². The molecule has 46 valence electrons. The monoisotopic (exact) mass is 114 g/mol. The average molecular weight is 114 g/mol. The summed E-state index contributed by atoms with van der Waals surface area (Å²) in [4.78, 5) is 10.7. The Kier molecular flexibility index (Phi) is 1.34. The van der Waals surface area contributed by atoms with E-state index in [9.17, 15) is 4.79 Å². The number of ether oxygens (including phenoxy) is 1. The summed E-state index contributed by atoms with van der Waals surface area (Å²) in [5.74, 6) is 0.234. The quantitative estimate of drug-likeness (QED) is 0.496. The molecule has 0 aromatic heterocycles. The van der Waals surface area contributed by atoms with Crippen LogP contribution in [0.5, 0.6) is 0 Å². The Balaban J connectivity index is 2.28. The fraction of sp³-hybridized carbons (Fsp3) is 0.833. The van der Waals surface area contributed by atoms with E-state index in [2.05, 4.69) is 0 Å². The smallest absolute Gasteiger partial charge is 0.163 e. The van der Waals surface area contributed by atoms with Crippen molar-refractivity contribution in [2.45, 2.75) is 32.5 Å². The first-order valence-corrected chi connectivity index (χ1v) is 2.94. The molecule has 0 amide bonds. The van der Waals surface area contributed by atoms with Gasteiger partial charge in [0.1, 0.15) is 6.10 Å². The highest BCUT2D eigenvalue weighted by Crippen LogP contribution is 2.22. The highest BCUT2D eigenvalue weighted by atomic mass is 16.6. The molecular formula is C6H10O2. The van der Waals surface area contributed by atoms with Gasteiger partial charge in [0, 0.05) is 6.42 Å². The van der Waals surface area contributed by atoms with Crippen molar-refractivity contribution in [3.63, 3.8) is 0 Å². The van der Waals surface area contributed by atoms with Crippen LogP contribution in [0.1, 0.15) is 20.3 Å². The lowest BCUT2D eigenvalue weighted by Crippen LogP contribution is -2.05. The molecule has 8 heavy (non-hydrogen) atoms. The number of carbonyl (C=O) groups excluding carboxylic acids is 1. The molecule has 0 unspecified atom stereocenters. The van der Waals surface area contributed by atoms with Crippen molar-refractivity contribution in [1.29, 1.82) is 0 Å². The first-order chi connectivity index (χ1) is 3.75. The van der Waals surface area contributed by atoms with Gasteiger partial charge < -0.3 is 4.74 Å². The third kappa shape index (κ3) is 0.892. The Morgan fingerprint density at radius 3 is 2.38 bits per heavy atom. The van der Waals surface area contributed by atoms with E-state index in [-0.39, 0.29) is 18.0 Å². The van der Waals surface area contributed by atoms with Crippen LogP contribution in [0, 0.1) is 0 Å². The van der Waals surface area contributed by atoms with E-state index in [1.807, 2.05) is 13.8 Å². The van der Waals surface area contributed by atoms with Crippen molar-refractivity contribution in [1.82, 2.24) is 0 Å². The van der Waals surface area contributed by atoms with Crippen LogP contribution in [0.4, 0.5) is 0 Å². The summed E-state index contributed by atoms with van der Waals surface area (Å²) in [7, 11) is 0. The summed E-state index contributed by atoms with van der Waals surface area (Å²) in [5.41, 5.74) is 0. The predicted octanol–water partition coefficient (Wildman–Crippen LogP) is 0.753. The van der Waals surface area contributed by atoms with E-state index >= 15 is 0 Å². The largest absolute Gasteiger partial charge is 0.362 e. The lowest BCUT2D eigenvalue weighted by molar-refractivity contribution is -0.119. The van der Waals surface area contributed by atoms with Crippen LogP contribution in [0.25, 0.3) is 0 Å². The fourth-order valence-electron chi connectivity index (χ4n) is 0.725. The zero-order valence-electron chi connectivity index (χ0n) is 5.18. The van der Waals surface area contributed by atoms with E-state index < -0.39 is 0 Å². The maximum Gasteiger partial charge on any atom is 0.163 e. The molecule has 0 aliphatic carbocycles. The summed E-state index contributed by atoms with van der Waals surface area (Å²) in [5, 5.41) is 0. The number of epoxide rings is 1. The van der Waals surface area contributed by atoms with Gasteiger partial charge in [-0.2, -0.15) is 0 Å². The van der Waals surface area contributed by atoms with Crippen LogP contribution >= 0.6 is 0 Å². The second-order valence-corrected chi connectivity index (χ2v) is 2.08. The molecule has 1 saturated heterocycles. The lowest BCUT2D eigenvalue weighted by atomic mass is 10.2. The maximum absolute atomic E-state index is 10.7. The van der Waals surface area contributed by atoms with Gasteiger partial charge in [-0.3, -0.25) is 4.79 Å². The summed E-state index contributed by atoms with van der Waals surface area (Å²) in [6.45, 7) is 3.77. The Bertz CT molecular complexity index is 109. The zero-order valence-corrected chi connectivity index (χ0v) is 5.18. The molecule has 1 aliphatic rings. The Morgan fingerprint density at radius 1 is 1.75 bits per heavy atom. The third-order valence-electron chi connectivity index (χ3n) is 1.38. The van der Waals surface area contributed by atoms with Crippen LogP contribution in [-0.4, -0.2) is 18.0 Å². The second kappa shape index (κ2) is 1.86. The second-order valence-electron chi connectivity index (χ2n) is 2.08. The van der Waals surface area contributed by atoms with Crippen molar-refractivity contribution in [2.75, 3.05) is 0 Å². The minimum absolute atomic E-state index is 0.0556. The topological polar surface area (TPSA) is 29.6 Å². The normalized spacial score (nSPS) is 34.8. The Hall–Kier alpha value is -0.370. The Labute approximate surface area is 48.8 Å². The van der Waals surface area contributed by atoms with Crippen LogP contribution in [0.3, 0.4) is 0 Å². The van der Waals surface area contributed by atoms with E-state index in [0.717, 1.165) is 0 Å². The summed E-state index contributed by atoms with van der Waals surface area (Å²) in [6.07, 6.45) is 0.747. The molecule has 2 atom stereocenters. The molecule has 1 rings (SSSR count). The number of ketones is 1. The standard InChI is InChI=1S/C6H10O2/c1-3-5(7)6-4(2)8-6/h4,6H,3H2,1-2H3/t4-,6-/m0/s1. The lowest BCUT2D eigenvalue weighted by Gasteiger charge is -1.83. The molecule has 0 aromatic carbocycles. The van der Waals surface area contributed by atoms with Crippen molar-refractivity contribution in [2.24, 2.45) is 0 Å². The molecular weight excluding hydrogens is 104 g/mol. The minimum Gasteiger partial charge on any atom is -0.362 e. The molecule has 1 fully saturated rings. The predicted molar refractivity (Wildman–Crippen MR) is 29.6 cm³/mol. The van der Waals surface area contributed by atoms with Gasteiger partial charge in [-0.05, 0) is 6.92 Å². The van der Waals surface area contributed by atoms with E-state index in [0.29, 0.717) is 6.42 Å². The van der Waals surface area contributed by atoms with Crippen LogP contribution in [0.2, 0.25) is 0 Å². The first-order valence-electron chi connectivity index (χ1n) is 2.94. The van der Waals surface area contributed by atoms with Gasteiger partial charge in [0.05, 0.1) is 6.10 Å². The van der Waals surface area contributed by atoms with E-state index in [1.165, 1.54) is 0 Å². The van der Waals surface area contributed by atoms with Crippen molar-refractivity contribution < 1.29 is 9.53 Å². The molecule has 1 aliphatic heterocycles. The third-order valence-corrected chi connectivity index (χ3v) is 1.38. The van der Waals surface area contributed by atoms with Gasteiger partial charge in [-0.1, -0.05) is 6.92 Å². The molecule has 0 bridgehead atoms. The molecule has 0 N–H and O–H groups in total. The number of rotatable bonds is 2. The van der Waals surface area contributed by atoms with Gasteiger partial charge in [0.15, 0.2) is 5.78 Å². The highest BCUT2D eigenvalue weighted by molar-refractivity contribution is 5.85.